The second-order valence-corrected chi connectivity index (χ2v) is 11.1. The molecule has 2 aromatic heterocycles. The van der Waals surface area contributed by atoms with Crippen LogP contribution in [0.2, 0.25) is 0 Å². The van der Waals surface area contributed by atoms with Crippen molar-refractivity contribution in [1.29, 1.82) is 0 Å². The average molecular weight is 492 g/mol. The van der Waals surface area contributed by atoms with Gasteiger partial charge in [0.1, 0.15) is 16.4 Å². The second kappa shape index (κ2) is 10.2. The molecular weight excluding hydrogens is 466 g/mol. The number of fused-ring (bicyclic) bond motifs is 1. The highest BCUT2D eigenvalue weighted by Crippen LogP contribution is 2.27. The minimum atomic E-state index is -3.77. The first-order valence-corrected chi connectivity index (χ1v) is 14.0. The largest absolute Gasteiger partial charge is 0.344 e. The lowest BCUT2D eigenvalue weighted by atomic mass is 10.2. The quantitative estimate of drug-likeness (QED) is 0.517. The van der Waals surface area contributed by atoms with Crippen molar-refractivity contribution in [3.8, 4) is 0 Å². The molecule has 32 heavy (non-hydrogen) atoms. The van der Waals surface area contributed by atoms with E-state index >= 15 is 0 Å². The molecule has 170 valence electrons. The highest BCUT2D eigenvalue weighted by molar-refractivity contribution is 7.98. The summed E-state index contributed by atoms with van der Waals surface area (Å²) >= 11 is 3.13. The number of rotatable bonds is 8. The molecule has 1 aliphatic heterocycles. The van der Waals surface area contributed by atoms with E-state index in [-0.39, 0.29) is 10.8 Å². The fraction of sp³-hybridized carbons (Fsp3) is 0.381. The van der Waals surface area contributed by atoms with Gasteiger partial charge in [-0.05, 0) is 42.7 Å². The van der Waals surface area contributed by atoms with Gasteiger partial charge in [0.2, 0.25) is 15.9 Å². The zero-order chi connectivity index (χ0) is 22.6. The van der Waals surface area contributed by atoms with Gasteiger partial charge in [-0.3, -0.25) is 4.79 Å². The minimum Gasteiger partial charge on any atom is -0.344 e. The molecular formula is C21H25N5O3S3. The Morgan fingerprint density at radius 2 is 1.91 bits per heavy atom. The number of thiazole rings is 1. The molecule has 4 rings (SSSR count). The summed E-state index contributed by atoms with van der Waals surface area (Å²) in [4.78, 5) is 27.2. The van der Waals surface area contributed by atoms with Crippen molar-refractivity contribution in [3.05, 3.63) is 48.7 Å². The fourth-order valence-electron chi connectivity index (χ4n) is 3.56. The maximum atomic E-state index is 13.2. The number of nitrogens with one attached hydrogen (secondary N) is 1. The van der Waals surface area contributed by atoms with Crippen LogP contribution in [0.3, 0.4) is 0 Å². The molecule has 1 saturated heterocycles. The highest BCUT2D eigenvalue weighted by atomic mass is 32.2. The van der Waals surface area contributed by atoms with Gasteiger partial charge in [-0.2, -0.15) is 16.5 Å². The normalized spacial score (nSPS) is 15.8. The molecule has 1 atom stereocenters. The monoisotopic (exact) mass is 491 g/mol. The molecule has 0 radical (unpaired) electrons. The Morgan fingerprint density at radius 3 is 2.59 bits per heavy atom. The number of hydrogen-bond donors (Lipinski definition) is 1. The number of nitrogens with zero attached hydrogens (tertiary/aromatic N) is 4. The van der Waals surface area contributed by atoms with Crippen molar-refractivity contribution in [1.82, 2.24) is 19.6 Å². The highest BCUT2D eigenvalue weighted by Gasteiger charge is 2.31. The number of carbonyl (C=O) groups excluding carboxylic acids is 1. The summed E-state index contributed by atoms with van der Waals surface area (Å²) in [7, 11) is -3.77. The summed E-state index contributed by atoms with van der Waals surface area (Å²) in [6.45, 7) is 2.33. The Kier molecular flexibility index (Phi) is 7.29. The lowest BCUT2D eigenvalue weighted by Crippen LogP contribution is -2.55. The van der Waals surface area contributed by atoms with Gasteiger partial charge < -0.3 is 9.80 Å². The number of sulfonamides is 1. The molecule has 8 nitrogen and oxygen atoms in total. The topological polar surface area (TPSA) is 95.5 Å². The minimum absolute atomic E-state index is 0.163. The van der Waals surface area contributed by atoms with Crippen molar-refractivity contribution in [2.45, 2.75) is 17.4 Å². The zero-order valence-corrected chi connectivity index (χ0v) is 20.1. The number of carbonyl (C=O) groups is 1. The Bertz CT molecular complexity index is 1130. The number of benzene rings is 1. The number of anilines is 1. The van der Waals surface area contributed by atoms with Crippen molar-refractivity contribution in [3.63, 3.8) is 0 Å². The number of amides is 1. The van der Waals surface area contributed by atoms with E-state index in [0.717, 1.165) is 15.5 Å². The summed E-state index contributed by atoms with van der Waals surface area (Å²) in [5, 5.41) is 0.898. The van der Waals surface area contributed by atoms with Crippen LogP contribution in [-0.4, -0.2) is 73.4 Å². The van der Waals surface area contributed by atoms with Gasteiger partial charge in [0.25, 0.3) is 0 Å². The molecule has 0 saturated carbocycles. The van der Waals surface area contributed by atoms with Gasteiger partial charge in [0, 0.05) is 32.4 Å². The van der Waals surface area contributed by atoms with E-state index in [1.54, 1.807) is 52.4 Å². The van der Waals surface area contributed by atoms with E-state index in [1.165, 1.54) is 12.1 Å². The van der Waals surface area contributed by atoms with Crippen LogP contribution in [0, 0.1) is 0 Å². The summed E-state index contributed by atoms with van der Waals surface area (Å²) < 4.78 is 28.2. The SMILES string of the molecule is CSCCC(NS(=O)(=O)c1ccccc1)C(=O)N1CCN(c2nc3cccnc3s2)CC1. The second-order valence-electron chi connectivity index (χ2n) is 7.40. The first-order valence-electron chi connectivity index (χ1n) is 10.3. The molecule has 3 heterocycles. The lowest BCUT2D eigenvalue weighted by molar-refractivity contribution is -0.133. The van der Waals surface area contributed by atoms with Gasteiger partial charge >= 0.3 is 0 Å². The first kappa shape index (κ1) is 23.0. The molecule has 1 aromatic carbocycles. The van der Waals surface area contributed by atoms with Crippen LogP contribution in [0.15, 0.2) is 53.6 Å². The van der Waals surface area contributed by atoms with E-state index < -0.39 is 16.1 Å². The van der Waals surface area contributed by atoms with Gasteiger partial charge in [-0.25, -0.2) is 18.4 Å². The fourth-order valence-corrected chi connectivity index (χ4v) is 6.23. The zero-order valence-electron chi connectivity index (χ0n) is 17.7. The predicted octanol–water partition coefficient (Wildman–Crippen LogP) is 2.44. The molecule has 11 heteroatoms. The lowest BCUT2D eigenvalue weighted by Gasteiger charge is -2.36. The van der Waals surface area contributed by atoms with Crippen LogP contribution in [0.4, 0.5) is 5.13 Å². The number of thioether (sulfide) groups is 1. The van der Waals surface area contributed by atoms with Crippen LogP contribution in [0.25, 0.3) is 10.3 Å². The molecule has 1 N–H and O–H groups in total. The molecule has 0 aliphatic carbocycles. The summed E-state index contributed by atoms with van der Waals surface area (Å²) in [6, 6.07) is 11.2. The van der Waals surface area contributed by atoms with Crippen LogP contribution < -0.4 is 9.62 Å². The third kappa shape index (κ3) is 5.22. The maximum absolute atomic E-state index is 13.2. The Labute approximate surface area is 196 Å². The molecule has 1 fully saturated rings. The van der Waals surface area contributed by atoms with Gasteiger partial charge in [0.15, 0.2) is 5.13 Å². The van der Waals surface area contributed by atoms with E-state index in [2.05, 4.69) is 19.6 Å². The number of pyridine rings is 1. The number of hydrogen-bond acceptors (Lipinski definition) is 8. The third-order valence-corrected chi connectivity index (χ3v) is 8.45. The molecule has 1 unspecified atom stereocenters. The van der Waals surface area contributed by atoms with Gasteiger partial charge in [-0.1, -0.05) is 29.5 Å². The Morgan fingerprint density at radius 1 is 1.16 bits per heavy atom. The van der Waals surface area contributed by atoms with Crippen molar-refractivity contribution >= 4 is 54.5 Å². The van der Waals surface area contributed by atoms with Crippen molar-refractivity contribution < 1.29 is 13.2 Å². The van der Waals surface area contributed by atoms with E-state index in [9.17, 15) is 13.2 Å². The van der Waals surface area contributed by atoms with E-state index in [4.69, 9.17) is 0 Å². The number of piperazine rings is 1. The third-order valence-electron chi connectivity index (χ3n) is 5.28. The van der Waals surface area contributed by atoms with Crippen LogP contribution in [-0.2, 0) is 14.8 Å². The summed E-state index contributed by atoms with van der Waals surface area (Å²) in [5.41, 5.74) is 0.874. The standard InChI is InChI=1S/C21H25N5O3S3/c1-30-15-9-18(24-32(28,29)16-6-3-2-4-7-16)20(27)25-11-13-26(14-12-25)21-23-17-8-5-10-22-19(17)31-21/h2-8,10,18,24H,9,11-15H2,1H3. The van der Waals surface area contributed by atoms with Crippen LogP contribution in [0.1, 0.15) is 6.42 Å². The van der Waals surface area contributed by atoms with Gasteiger partial charge in [-0.15, -0.1) is 0 Å². The first-order chi connectivity index (χ1) is 15.5. The molecule has 0 bridgehead atoms. The van der Waals surface area contributed by atoms with E-state index in [1.807, 2.05) is 18.4 Å². The van der Waals surface area contributed by atoms with Gasteiger partial charge in [0.05, 0.1) is 4.90 Å². The summed E-state index contributed by atoms with van der Waals surface area (Å²) in [5.74, 6) is 0.510. The van der Waals surface area contributed by atoms with Crippen molar-refractivity contribution in [2.24, 2.45) is 0 Å². The molecule has 1 amide bonds. The van der Waals surface area contributed by atoms with Crippen molar-refractivity contribution in [2.75, 3.05) is 43.1 Å². The Hall–Kier alpha value is -2.21. The molecule has 1 aliphatic rings. The molecule has 0 spiro atoms. The summed E-state index contributed by atoms with van der Waals surface area (Å²) in [6.07, 6.45) is 4.14. The predicted molar refractivity (Wildman–Crippen MR) is 130 cm³/mol. The maximum Gasteiger partial charge on any atom is 0.241 e. The van der Waals surface area contributed by atoms with Crippen LogP contribution in [0.5, 0.6) is 0 Å². The Balaban J connectivity index is 1.42. The van der Waals surface area contributed by atoms with Crippen LogP contribution >= 0.6 is 23.1 Å². The average Bonchev–Trinajstić information content (AvgIpc) is 3.26. The number of aromatic nitrogens is 2. The van der Waals surface area contributed by atoms with E-state index in [0.29, 0.717) is 38.4 Å². The molecule has 3 aromatic rings. The smallest absolute Gasteiger partial charge is 0.241 e.